The zero-order valence-corrected chi connectivity index (χ0v) is 16.2. The molecule has 0 aliphatic rings. The number of nitrogens with zero attached hydrogens (tertiary/aromatic N) is 5. The van der Waals surface area contributed by atoms with Gasteiger partial charge in [0.05, 0.1) is 11.3 Å². The molecule has 1 amide bonds. The summed E-state index contributed by atoms with van der Waals surface area (Å²) >= 11 is 1.32. The van der Waals surface area contributed by atoms with Crippen molar-refractivity contribution in [3.05, 3.63) is 36.4 Å². The summed E-state index contributed by atoms with van der Waals surface area (Å²) in [5, 5.41) is 10.2. The van der Waals surface area contributed by atoms with E-state index in [9.17, 15) is 4.79 Å². The lowest BCUT2D eigenvalue weighted by Crippen LogP contribution is -2.33. The third-order valence-electron chi connectivity index (χ3n) is 4.19. The summed E-state index contributed by atoms with van der Waals surface area (Å²) in [7, 11) is 0. The lowest BCUT2D eigenvalue weighted by molar-refractivity contribution is -0.127. The molecule has 26 heavy (non-hydrogen) atoms. The average Bonchev–Trinajstić information content (AvgIpc) is 2.96. The van der Waals surface area contributed by atoms with E-state index >= 15 is 0 Å². The molecule has 0 saturated heterocycles. The van der Waals surface area contributed by atoms with Gasteiger partial charge in [0.1, 0.15) is 5.52 Å². The van der Waals surface area contributed by atoms with Gasteiger partial charge in [-0.15, -0.1) is 10.2 Å². The molecule has 0 N–H and O–H groups in total. The molecule has 0 spiro atoms. The van der Waals surface area contributed by atoms with Crippen molar-refractivity contribution in [2.75, 3.05) is 18.8 Å². The number of para-hydroxylation sites is 1. The number of likely N-dealkylation sites (N-methyl/N-ethyl adjacent to an activating group) is 1. The molecule has 0 aliphatic carbocycles. The normalized spacial score (nSPS) is 11.2. The van der Waals surface area contributed by atoms with E-state index < -0.39 is 0 Å². The van der Waals surface area contributed by atoms with Gasteiger partial charge in [0.2, 0.25) is 11.1 Å². The first-order chi connectivity index (χ1) is 12.5. The number of carbonyl (C=O) groups is 1. The molecule has 0 aliphatic heterocycles. The molecule has 7 heteroatoms. The predicted molar refractivity (Wildman–Crippen MR) is 106 cm³/mol. The molecule has 1 aromatic carbocycles. The molecule has 6 nitrogen and oxygen atoms in total. The monoisotopic (exact) mass is 369 g/mol. The van der Waals surface area contributed by atoms with Crippen molar-refractivity contribution in [2.24, 2.45) is 0 Å². The second kappa shape index (κ2) is 7.86. The fourth-order valence-corrected chi connectivity index (χ4v) is 3.67. The molecule has 2 heterocycles. The van der Waals surface area contributed by atoms with Crippen LogP contribution in [0.1, 0.15) is 20.8 Å². The molecule has 0 bridgehead atoms. The molecule has 0 radical (unpaired) electrons. The van der Waals surface area contributed by atoms with Crippen LogP contribution in [0.5, 0.6) is 0 Å². The number of rotatable bonds is 7. The van der Waals surface area contributed by atoms with Crippen LogP contribution in [0.2, 0.25) is 0 Å². The SMILES string of the molecule is C=C(C)CN(CC)C(=O)CSc1nnc2c3ccccc3n(CC)c2n1. The molecule has 3 aromatic rings. The number of amides is 1. The number of hydrogen-bond acceptors (Lipinski definition) is 5. The van der Waals surface area contributed by atoms with Crippen molar-refractivity contribution in [3.8, 4) is 0 Å². The van der Waals surface area contributed by atoms with Gasteiger partial charge in [0, 0.05) is 25.0 Å². The Kier molecular flexibility index (Phi) is 5.56. The minimum Gasteiger partial charge on any atom is -0.338 e. The predicted octanol–water partition coefficient (Wildman–Crippen LogP) is 3.52. The summed E-state index contributed by atoms with van der Waals surface area (Å²) in [5.41, 5.74) is 3.68. The lowest BCUT2D eigenvalue weighted by Gasteiger charge is -2.20. The molecule has 0 fully saturated rings. The fraction of sp³-hybridized carbons (Fsp3) is 0.368. The van der Waals surface area contributed by atoms with Crippen LogP contribution in [-0.4, -0.2) is 49.4 Å². The van der Waals surface area contributed by atoms with E-state index in [1.54, 1.807) is 4.90 Å². The maximum atomic E-state index is 12.4. The van der Waals surface area contributed by atoms with Gasteiger partial charge < -0.3 is 9.47 Å². The van der Waals surface area contributed by atoms with Gasteiger partial charge in [-0.1, -0.05) is 42.1 Å². The first kappa shape index (κ1) is 18.4. The number of benzene rings is 1. The first-order valence-electron chi connectivity index (χ1n) is 8.71. The van der Waals surface area contributed by atoms with Gasteiger partial charge in [0.15, 0.2) is 5.65 Å². The Labute approximate surface area is 157 Å². The van der Waals surface area contributed by atoms with E-state index in [-0.39, 0.29) is 5.91 Å². The van der Waals surface area contributed by atoms with E-state index in [2.05, 4.69) is 39.3 Å². The highest BCUT2D eigenvalue weighted by atomic mass is 32.2. The van der Waals surface area contributed by atoms with Gasteiger partial charge in [-0.2, -0.15) is 0 Å². The van der Waals surface area contributed by atoms with Gasteiger partial charge in [-0.25, -0.2) is 4.98 Å². The average molecular weight is 369 g/mol. The third-order valence-corrected chi connectivity index (χ3v) is 5.01. The Balaban J connectivity index is 1.84. The zero-order valence-electron chi connectivity index (χ0n) is 15.4. The second-order valence-electron chi connectivity index (χ2n) is 6.18. The van der Waals surface area contributed by atoms with Crippen LogP contribution >= 0.6 is 11.8 Å². The molecule has 0 unspecified atom stereocenters. The first-order valence-corrected chi connectivity index (χ1v) is 9.70. The van der Waals surface area contributed by atoms with Gasteiger partial charge in [0.25, 0.3) is 0 Å². The number of aryl methyl sites for hydroxylation is 1. The molecule has 0 saturated carbocycles. The number of carbonyl (C=O) groups excluding carboxylic acids is 1. The highest BCUT2D eigenvalue weighted by Gasteiger charge is 2.16. The maximum absolute atomic E-state index is 12.4. The second-order valence-corrected chi connectivity index (χ2v) is 7.12. The number of aromatic nitrogens is 4. The van der Waals surface area contributed by atoms with Crippen LogP contribution in [0.3, 0.4) is 0 Å². The third kappa shape index (κ3) is 3.58. The quantitative estimate of drug-likeness (QED) is 0.471. The minimum atomic E-state index is 0.0558. The molecule has 0 atom stereocenters. The van der Waals surface area contributed by atoms with Crippen LogP contribution < -0.4 is 0 Å². The summed E-state index contributed by atoms with van der Waals surface area (Å²) in [6, 6.07) is 8.10. The van der Waals surface area contributed by atoms with Crippen LogP contribution in [0.4, 0.5) is 0 Å². The zero-order chi connectivity index (χ0) is 18.7. The molecule has 136 valence electrons. The highest BCUT2D eigenvalue weighted by Crippen LogP contribution is 2.27. The minimum absolute atomic E-state index is 0.0558. The van der Waals surface area contributed by atoms with Crippen LogP contribution in [-0.2, 0) is 11.3 Å². The largest absolute Gasteiger partial charge is 0.338 e. The van der Waals surface area contributed by atoms with Gasteiger partial charge >= 0.3 is 0 Å². The van der Waals surface area contributed by atoms with E-state index in [1.807, 2.05) is 32.0 Å². The Bertz CT molecular complexity index is 965. The maximum Gasteiger partial charge on any atom is 0.233 e. The Morgan fingerprint density at radius 1 is 1.27 bits per heavy atom. The summed E-state index contributed by atoms with van der Waals surface area (Å²) in [4.78, 5) is 18.8. The Morgan fingerprint density at radius 3 is 2.73 bits per heavy atom. The summed E-state index contributed by atoms with van der Waals surface area (Å²) < 4.78 is 2.13. The number of fused-ring (bicyclic) bond motifs is 3. The summed E-state index contributed by atoms with van der Waals surface area (Å²) in [5.74, 6) is 0.348. The van der Waals surface area contributed by atoms with Crippen LogP contribution in [0, 0.1) is 0 Å². The standard InChI is InChI=1S/C19H23N5OS/c1-5-23(11-13(3)4)16(25)12-26-19-20-18-17(21-22-19)14-9-7-8-10-15(14)24(18)6-2/h7-10H,3,5-6,11-12H2,1-2,4H3. The number of hydrogen-bond donors (Lipinski definition) is 0. The van der Waals surface area contributed by atoms with Gasteiger partial charge in [-0.05, 0) is 26.8 Å². The van der Waals surface area contributed by atoms with Crippen molar-refractivity contribution < 1.29 is 4.79 Å². The highest BCUT2D eigenvalue weighted by molar-refractivity contribution is 7.99. The van der Waals surface area contributed by atoms with Crippen molar-refractivity contribution in [1.29, 1.82) is 0 Å². The van der Waals surface area contributed by atoms with E-state index in [1.165, 1.54) is 11.8 Å². The molecular weight excluding hydrogens is 346 g/mol. The van der Waals surface area contributed by atoms with Crippen LogP contribution in [0.15, 0.2) is 41.6 Å². The molecule has 3 rings (SSSR count). The van der Waals surface area contributed by atoms with Crippen molar-refractivity contribution in [2.45, 2.75) is 32.5 Å². The smallest absolute Gasteiger partial charge is 0.233 e. The lowest BCUT2D eigenvalue weighted by atomic mass is 10.2. The summed E-state index contributed by atoms with van der Waals surface area (Å²) in [6.45, 7) is 11.9. The van der Waals surface area contributed by atoms with E-state index in [4.69, 9.17) is 0 Å². The van der Waals surface area contributed by atoms with Crippen molar-refractivity contribution in [1.82, 2.24) is 24.6 Å². The topological polar surface area (TPSA) is 63.9 Å². The van der Waals surface area contributed by atoms with E-state index in [0.717, 1.165) is 34.2 Å². The van der Waals surface area contributed by atoms with Crippen molar-refractivity contribution >= 4 is 39.7 Å². The van der Waals surface area contributed by atoms with Gasteiger partial charge in [-0.3, -0.25) is 4.79 Å². The fourth-order valence-electron chi connectivity index (χ4n) is 2.99. The summed E-state index contributed by atoms with van der Waals surface area (Å²) in [6.07, 6.45) is 0. The van der Waals surface area contributed by atoms with Crippen LogP contribution in [0.25, 0.3) is 22.1 Å². The molecular formula is C19H23N5OS. The molecule has 2 aromatic heterocycles. The Morgan fingerprint density at radius 2 is 2.04 bits per heavy atom. The van der Waals surface area contributed by atoms with Crippen molar-refractivity contribution in [3.63, 3.8) is 0 Å². The van der Waals surface area contributed by atoms with E-state index in [0.29, 0.717) is 24.0 Å². The Hall–Kier alpha value is -2.41. The number of thioether (sulfide) groups is 1.